The number of nitrogens with one attached hydrogen (secondary N) is 1. The molecule has 0 aliphatic heterocycles. The zero-order valence-electron chi connectivity index (χ0n) is 11.1. The van der Waals surface area contributed by atoms with E-state index in [-0.39, 0.29) is 5.75 Å². The molecule has 4 heteroatoms. The molecule has 0 aliphatic carbocycles. The van der Waals surface area contributed by atoms with Crippen LogP contribution in [0.2, 0.25) is 0 Å². The monoisotopic (exact) mass is 285 g/mol. The topological polar surface area (TPSA) is 41.5 Å². The molecule has 0 spiro atoms. The van der Waals surface area contributed by atoms with Crippen LogP contribution in [-0.2, 0) is 6.54 Å². The fourth-order valence-electron chi connectivity index (χ4n) is 2.13. The van der Waals surface area contributed by atoms with Crippen LogP contribution >= 0.6 is 11.3 Å². The molecule has 102 valence electrons. The molecule has 0 fully saturated rings. The van der Waals surface area contributed by atoms with Crippen LogP contribution in [0.3, 0.4) is 0 Å². The van der Waals surface area contributed by atoms with E-state index in [9.17, 15) is 5.11 Å². The van der Waals surface area contributed by atoms with Crippen molar-refractivity contribution in [3.63, 3.8) is 0 Å². The Labute approximate surface area is 121 Å². The van der Waals surface area contributed by atoms with Crippen molar-refractivity contribution in [2.24, 2.45) is 0 Å². The second-order valence-corrected chi connectivity index (χ2v) is 5.48. The van der Waals surface area contributed by atoms with E-state index in [2.05, 4.69) is 35.0 Å². The van der Waals surface area contributed by atoms with Gasteiger partial charge in [-0.1, -0.05) is 6.07 Å². The van der Waals surface area contributed by atoms with Crippen molar-refractivity contribution in [2.45, 2.75) is 6.54 Å². The lowest BCUT2D eigenvalue weighted by atomic mass is 10.2. The summed E-state index contributed by atoms with van der Waals surface area (Å²) < 4.78 is 6.32. The van der Waals surface area contributed by atoms with Crippen molar-refractivity contribution in [3.8, 4) is 11.5 Å². The largest absolute Gasteiger partial charge is 0.504 e. The molecule has 0 radical (unpaired) electrons. The van der Waals surface area contributed by atoms with E-state index >= 15 is 0 Å². The second kappa shape index (κ2) is 5.43. The average Bonchev–Trinajstić information content (AvgIpc) is 2.92. The fraction of sp³-hybridized carbons (Fsp3) is 0.125. The van der Waals surface area contributed by atoms with E-state index in [0.717, 1.165) is 11.3 Å². The number of aromatic hydroxyl groups is 1. The van der Waals surface area contributed by atoms with Gasteiger partial charge in [0.25, 0.3) is 0 Å². The van der Waals surface area contributed by atoms with Crippen LogP contribution in [0.1, 0.15) is 5.56 Å². The molecule has 0 unspecified atom stereocenters. The Morgan fingerprint density at radius 3 is 2.85 bits per heavy atom. The molecule has 3 nitrogen and oxygen atoms in total. The first-order valence-corrected chi connectivity index (χ1v) is 7.21. The summed E-state index contributed by atoms with van der Waals surface area (Å²) in [5, 5.41) is 16.5. The van der Waals surface area contributed by atoms with Gasteiger partial charge < -0.3 is 15.2 Å². The molecule has 0 amide bonds. The van der Waals surface area contributed by atoms with E-state index in [1.54, 1.807) is 30.6 Å². The average molecular weight is 285 g/mol. The molecule has 0 saturated heterocycles. The summed E-state index contributed by atoms with van der Waals surface area (Å²) >= 11 is 1.74. The number of methoxy groups -OCH3 is 1. The van der Waals surface area contributed by atoms with Crippen LogP contribution < -0.4 is 10.1 Å². The molecule has 1 heterocycles. The molecule has 1 aromatic heterocycles. The number of phenols is 1. The highest BCUT2D eigenvalue weighted by Gasteiger charge is 2.03. The highest BCUT2D eigenvalue weighted by molar-refractivity contribution is 7.17. The van der Waals surface area contributed by atoms with Gasteiger partial charge in [-0.15, -0.1) is 11.3 Å². The van der Waals surface area contributed by atoms with E-state index in [4.69, 9.17) is 4.74 Å². The first kappa shape index (κ1) is 12.8. The predicted molar refractivity (Wildman–Crippen MR) is 83.8 cm³/mol. The molecule has 3 aromatic rings. The number of hydrogen-bond acceptors (Lipinski definition) is 4. The van der Waals surface area contributed by atoms with Gasteiger partial charge in [0.2, 0.25) is 0 Å². The van der Waals surface area contributed by atoms with Crippen molar-refractivity contribution in [1.82, 2.24) is 0 Å². The van der Waals surface area contributed by atoms with Crippen LogP contribution in [0.4, 0.5) is 5.69 Å². The summed E-state index contributed by atoms with van der Waals surface area (Å²) in [6.45, 7) is 0.660. The van der Waals surface area contributed by atoms with Gasteiger partial charge in [0, 0.05) is 16.9 Å². The van der Waals surface area contributed by atoms with Crippen molar-refractivity contribution >= 4 is 27.1 Å². The Bertz CT molecular complexity index is 736. The number of thiophene rings is 1. The molecule has 0 aliphatic rings. The molecule has 20 heavy (non-hydrogen) atoms. The standard InChI is InChI=1S/C16H15NO2S/c1-19-15-4-2-11(8-14(15)18)10-17-13-3-5-16-12(9-13)6-7-20-16/h2-9,17-18H,10H2,1H3. The van der Waals surface area contributed by atoms with Crippen molar-refractivity contribution in [3.05, 3.63) is 53.4 Å². The highest BCUT2D eigenvalue weighted by Crippen LogP contribution is 2.27. The number of phenolic OH excluding ortho intramolecular Hbond substituents is 1. The maximum absolute atomic E-state index is 9.75. The smallest absolute Gasteiger partial charge is 0.160 e. The third-order valence-corrected chi connectivity index (χ3v) is 4.09. The SMILES string of the molecule is COc1ccc(CNc2ccc3sccc3c2)cc1O. The summed E-state index contributed by atoms with van der Waals surface area (Å²) in [5.41, 5.74) is 2.08. The molecule has 2 aromatic carbocycles. The minimum absolute atomic E-state index is 0.167. The van der Waals surface area contributed by atoms with Gasteiger partial charge in [-0.05, 0) is 52.7 Å². The Kier molecular flexibility index (Phi) is 3.48. The van der Waals surface area contributed by atoms with Gasteiger partial charge in [-0.3, -0.25) is 0 Å². The quantitative estimate of drug-likeness (QED) is 0.754. The van der Waals surface area contributed by atoms with E-state index < -0.39 is 0 Å². The lowest BCUT2D eigenvalue weighted by Gasteiger charge is -2.09. The van der Waals surface area contributed by atoms with Gasteiger partial charge in [0.05, 0.1) is 7.11 Å². The van der Waals surface area contributed by atoms with Gasteiger partial charge in [-0.2, -0.15) is 0 Å². The van der Waals surface area contributed by atoms with Crippen LogP contribution in [0.5, 0.6) is 11.5 Å². The summed E-state index contributed by atoms with van der Waals surface area (Å²) in [7, 11) is 1.54. The maximum Gasteiger partial charge on any atom is 0.160 e. The summed E-state index contributed by atoms with van der Waals surface area (Å²) in [6.07, 6.45) is 0. The van der Waals surface area contributed by atoms with Gasteiger partial charge in [-0.25, -0.2) is 0 Å². The number of ether oxygens (including phenoxy) is 1. The highest BCUT2D eigenvalue weighted by atomic mass is 32.1. The summed E-state index contributed by atoms with van der Waals surface area (Å²) in [6, 6.07) is 13.9. The van der Waals surface area contributed by atoms with Gasteiger partial charge in [0.15, 0.2) is 11.5 Å². The molecule has 2 N–H and O–H groups in total. The van der Waals surface area contributed by atoms with Crippen molar-refractivity contribution in [2.75, 3.05) is 12.4 Å². The number of rotatable bonds is 4. The molecular formula is C16H15NO2S. The molecule has 3 rings (SSSR count). The Morgan fingerprint density at radius 2 is 2.05 bits per heavy atom. The van der Waals surface area contributed by atoms with Crippen molar-refractivity contribution < 1.29 is 9.84 Å². The summed E-state index contributed by atoms with van der Waals surface area (Å²) in [4.78, 5) is 0. The van der Waals surface area contributed by atoms with Crippen LogP contribution in [-0.4, -0.2) is 12.2 Å². The van der Waals surface area contributed by atoms with Gasteiger partial charge >= 0.3 is 0 Å². The van der Waals surface area contributed by atoms with E-state index in [1.807, 2.05) is 6.07 Å². The maximum atomic E-state index is 9.75. The number of anilines is 1. The number of hydrogen-bond donors (Lipinski definition) is 2. The Hall–Kier alpha value is -2.20. The van der Waals surface area contributed by atoms with Crippen LogP contribution in [0.15, 0.2) is 47.8 Å². The van der Waals surface area contributed by atoms with E-state index in [0.29, 0.717) is 12.3 Å². The second-order valence-electron chi connectivity index (χ2n) is 4.53. The number of benzene rings is 2. The Balaban J connectivity index is 1.73. The lowest BCUT2D eigenvalue weighted by Crippen LogP contribution is -1.99. The third-order valence-electron chi connectivity index (χ3n) is 3.19. The minimum Gasteiger partial charge on any atom is -0.504 e. The normalized spacial score (nSPS) is 10.7. The molecule has 0 bridgehead atoms. The molecule has 0 saturated carbocycles. The lowest BCUT2D eigenvalue weighted by molar-refractivity contribution is 0.373. The first-order valence-electron chi connectivity index (χ1n) is 6.33. The Morgan fingerprint density at radius 1 is 1.15 bits per heavy atom. The molecular weight excluding hydrogens is 270 g/mol. The zero-order chi connectivity index (χ0) is 13.9. The molecule has 0 atom stereocenters. The van der Waals surface area contributed by atoms with Crippen LogP contribution in [0, 0.1) is 0 Å². The first-order chi connectivity index (χ1) is 9.76. The van der Waals surface area contributed by atoms with Crippen molar-refractivity contribution in [1.29, 1.82) is 0 Å². The van der Waals surface area contributed by atoms with E-state index in [1.165, 1.54) is 10.1 Å². The fourth-order valence-corrected chi connectivity index (χ4v) is 2.90. The summed E-state index contributed by atoms with van der Waals surface area (Å²) in [5.74, 6) is 0.661. The predicted octanol–water partition coefficient (Wildman–Crippen LogP) is 4.23. The minimum atomic E-state index is 0.167. The van der Waals surface area contributed by atoms with Gasteiger partial charge in [0.1, 0.15) is 0 Å². The number of fused-ring (bicyclic) bond motifs is 1. The van der Waals surface area contributed by atoms with Crippen LogP contribution in [0.25, 0.3) is 10.1 Å². The zero-order valence-corrected chi connectivity index (χ0v) is 11.9. The third kappa shape index (κ3) is 2.56.